The Morgan fingerprint density at radius 1 is 0.818 bits per heavy atom. The zero-order valence-electron chi connectivity index (χ0n) is 18.1. The summed E-state index contributed by atoms with van der Waals surface area (Å²) in [5.41, 5.74) is 2.80. The van der Waals surface area contributed by atoms with Crippen LogP contribution < -0.4 is 19.5 Å². The largest absolute Gasteiger partial charge is 0.493 e. The van der Waals surface area contributed by atoms with Gasteiger partial charge in [-0.2, -0.15) is 0 Å². The molecule has 168 valence electrons. The molecule has 0 fully saturated rings. The Labute approximate surface area is 206 Å². The Balaban J connectivity index is 1.38. The molecule has 0 aromatic heterocycles. The van der Waals surface area contributed by atoms with E-state index in [2.05, 4.69) is 27.9 Å². The summed E-state index contributed by atoms with van der Waals surface area (Å²) >= 11 is 2.23. The summed E-state index contributed by atoms with van der Waals surface area (Å²) in [7, 11) is 1.61. The van der Waals surface area contributed by atoms with Crippen LogP contribution in [0.1, 0.15) is 11.1 Å². The van der Waals surface area contributed by atoms with Crippen molar-refractivity contribution < 1.29 is 18.6 Å². The zero-order valence-corrected chi connectivity index (χ0v) is 20.2. The highest BCUT2D eigenvalue weighted by Gasteiger charge is 2.12. The van der Waals surface area contributed by atoms with Gasteiger partial charge in [-0.15, -0.1) is 0 Å². The smallest absolute Gasteiger partial charge is 0.174 e. The summed E-state index contributed by atoms with van der Waals surface area (Å²) in [4.78, 5) is 0. The second-order valence-electron chi connectivity index (χ2n) is 7.32. The molecule has 33 heavy (non-hydrogen) atoms. The molecule has 4 aromatic rings. The molecule has 0 saturated heterocycles. The van der Waals surface area contributed by atoms with Crippen molar-refractivity contribution in [2.75, 3.05) is 12.4 Å². The molecule has 0 aliphatic heterocycles. The van der Waals surface area contributed by atoms with Gasteiger partial charge in [-0.1, -0.05) is 30.3 Å². The van der Waals surface area contributed by atoms with Crippen molar-refractivity contribution in [2.24, 2.45) is 0 Å². The number of anilines is 1. The molecule has 6 heteroatoms. The van der Waals surface area contributed by atoms with Crippen LogP contribution >= 0.6 is 22.6 Å². The SMILES string of the molecule is COc1cc(CNc2ccc(Oc3ccccc3)cc2)cc(I)c1OCc1cccc(F)c1. The van der Waals surface area contributed by atoms with E-state index in [9.17, 15) is 4.39 Å². The van der Waals surface area contributed by atoms with Crippen molar-refractivity contribution in [3.63, 3.8) is 0 Å². The molecule has 4 rings (SSSR count). The summed E-state index contributed by atoms with van der Waals surface area (Å²) in [6.45, 7) is 0.883. The Hall–Kier alpha value is -3.26. The Morgan fingerprint density at radius 3 is 2.30 bits per heavy atom. The van der Waals surface area contributed by atoms with Crippen LogP contribution in [0.2, 0.25) is 0 Å². The van der Waals surface area contributed by atoms with Gasteiger partial charge in [-0.05, 0) is 94.4 Å². The molecular weight excluding hydrogens is 532 g/mol. The topological polar surface area (TPSA) is 39.7 Å². The number of benzene rings is 4. The summed E-state index contributed by atoms with van der Waals surface area (Å²) in [5, 5.41) is 3.42. The number of hydrogen-bond acceptors (Lipinski definition) is 4. The normalized spacial score (nSPS) is 10.5. The number of halogens is 2. The van der Waals surface area contributed by atoms with Gasteiger partial charge in [0.2, 0.25) is 0 Å². The molecule has 0 spiro atoms. The van der Waals surface area contributed by atoms with Gasteiger partial charge in [0.15, 0.2) is 11.5 Å². The molecule has 4 aromatic carbocycles. The second-order valence-corrected chi connectivity index (χ2v) is 8.48. The molecule has 4 nitrogen and oxygen atoms in total. The van der Waals surface area contributed by atoms with Crippen LogP contribution in [0.4, 0.5) is 10.1 Å². The van der Waals surface area contributed by atoms with E-state index in [1.54, 1.807) is 13.2 Å². The number of methoxy groups -OCH3 is 1. The van der Waals surface area contributed by atoms with E-state index in [1.165, 1.54) is 12.1 Å². The van der Waals surface area contributed by atoms with Gasteiger partial charge in [-0.25, -0.2) is 4.39 Å². The average Bonchev–Trinajstić information content (AvgIpc) is 2.83. The third-order valence-electron chi connectivity index (χ3n) is 4.89. The monoisotopic (exact) mass is 555 g/mol. The minimum absolute atomic E-state index is 0.263. The fraction of sp³-hybridized carbons (Fsp3) is 0.111. The summed E-state index contributed by atoms with van der Waals surface area (Å²) in [5.74, 6) is 2.59. The first-order valence-corrected chi connectivity index (χ1v) is 11.5. The molecule has 0 saturated carbocycles. The molecule has 0 unspecified atom stereocenters. The van der Waals surface area contributed by atoms with E-state index >= 15 is 0 Å². The van der Waals surface area contributed by atoms with E-state index in [1.807, 2.05) is 72.8 Å². The van der Waals surface area contributed by atoms with Crippen molar-refractivity contribution in [1.82, 2.24) is 0 Å². The van der Waals surface area contributed by atoms with Crippen molar-refractivity contribution in [2.45, 2.75) is 13.2 Å². The number of hydrogen-bond donors (Lipinski definition) is 1. The van der Waals surface area contributed by atoms with E-state index in [-0.39, 0.29) is 12.4 Å². The third-order valence-corrected chi connectivity index (χ3v) is 5.69. The lowest BCUT2D eigenvalue weighted by Gasteiger charge is -2.15. The Morgan fingerprint density at radius 2 is 1.58 bits per heavy atom. The lowest BCUT2D eigenvalue weighted by atomic mass is 10.2. The number of rotatable bonds is 9. The van der Waals surface area contributed by atoms with Crippen LogP contribution in [-0.2, 0) is 13.2 Å². The Kier molecular flexibility index (Phi) is 7.67. The zero-order chi connectivity index (χ0) is 23.0. The molecule has 0 radical (unpaired) electrons. The molecular formula is C27H23FINO3. The fourth-order valence-corrected chi connectivity index (χ4v) is 4.09. The molecule has 0 heterocycles. The lowest BCUT2D eigenvalue weighted by molar-refractivity contribution is 0.281. The fourth-order valence-electron chi connectivity index (χ4n) is 3.27. The first kappa shape index (κ1) is 22.9. The van der Waals surface area contributed by atoms with E-state index in [4.69, 9.17) is 14.2 Å². The van der Waals surface area contributed by atoms with Gasteiger partial charge in [0, 0.05) is 12.2 Å². The van der Waals surface area contributed by atoms with Crippen LogP contribution in [0.5, 0.6) is 23.0 Å². The van der Waals surface area contributed by atoms with E-state index in [0.29, 0.717) is 18.0 Å². The van der Waals surface area contributed by atoms with Gasteiger partial charge in [0.25, 0.3) is 0 Å². The van der Waals surface area contributed by atoms with Crippen LogP contribution in [0.15, 0.2) is 91.0 Å². The van der Waals surface area contributed by atoms with Crippen molar-refractivity contribution in [3.05, 3.63) is 112 Å². The maximum atomic E-state index is 13.4. The molecule has 0 bridgehead atoms. The highest BCUT2D eigenvalue weighted by Crippen LogP contribution is 2.35. The van der Waals surface area contributed by atoms with Crippen LogP contribution in [-0.4, -0.2) is 7.11 Å². The molecule has 0 amide bonds. The Bertz CT molecular complexity index is 1200. The van der Waals surface area contributed by atoms with E-state index in [0.717, 1.165) is 31.9 Å². The standard InChI is InChI=1S/C27H23FINO3/c1-31-26-16-20(15-25(29)27(26)32-18-19-6-5-7-21(28)14-19)17-30-22-10-12-24(13-11-22)33-23-8-3-2-4-9-23/h2-16,30H,17-18H2,1H3. The third kappa shape index (κ3) is 6.38. The van der Waals surface area contributed by atoms with Crippen LogP contribution in [0.25, 0.3) is 0 Å². The van der Waals surface area contributed by atoms with Gasteiger partial charge in [0.05, 0.1) is 10.7 Å². The number of ether oxygens (including phenoxy) is 3. The first-order valence-electron chi connectivity index (χ1n) is 10.4. The first-order chi connectivity index (χ1) is 16.1. The molecule has 0 aliphatic rings. The quantitative estimate of drug-likeness (QED) is 0.218. The van der Waals surface area contributed by atoms with Gasteiger partial charge in [0.1, 0.15) is 23.9 Å². The highest BCUT2D eigenvalue weighted by molar-refractivity contribution is 14.1. The van der Waals surface area contributed by atoms with Crippen LogP contribution in [0.3, 0.4) is 0 Å². The van der Waals surface area contributed by atoms with Crippen LogP contribution in [0, 0.1) is 9.39 Å². The molecule has 0 aliphatic carbocycles. The van der Waals surface area contributed by atoms with Crippen molar-refractivity contribution in [3.8, 4) is 23.0 Å². The predicted molar refractivity (Wildman–Crippen MR) is 137 cm³/mol. The van der Waals surface area contributed by atoms with E-state index < -0.39 is 0 Å². The van der Waals surface area contributed by atoms with Gasteiger partial charge >= 0.3 is 0 Å². The summed E-state index contributed by atoms with van der Waals surface area (Å²) in [6, 6.07) is 27.9. The summed E-state index contributed by atoms with van der Waals surface area (Å²) in [6.07, 6.45) is 0. The number of nitrogens with one attached hydrogen (secondary N) is 1. The predicted octanol–water partition coefficient (Wildman–Crippen LogP) is 7.42. The van der Waals surface area contributed by atoms with Gasteiger partial charge in [-0.3, -0.25) is 0 Å². The minimum Gasteiger partial charge on any atom is -0.493 e. The maximum absolute atomic E-state index is 13.4. The maximum Gasteiger partial charge on any atom is 0.174 e. The van der Waals surface area contributed by atoms with Crippen molar-refractivity contribution >= 4 is 28.3 Å². The molecule has 1 N–H and O–H groups in total. The second kappa shape index (κ2) is 11.0. The molecule has 0 atom stereocenters. The number of para-hydroxylation sites is 1. The highest BCUT2D eigenvalue weighted by atomic mass is 127. The average molecular weight is 555 g/mol. The lowest BCUT2D eigenvalue weighted by Crippen LogP contribution is -2.04. The minimum atomic E-state index is -0.279. The van der Waals surface area contributed by atoms with Crippen molar-refractivity contribution in [1.29, 1.82) is 0 Å². The van der Waals surface area contributed by atoms with Gasteiger partial charge < -0.3 is 19.5 Å². The summed E-state index contributed by atoms with van der Waals surface area (Å²) < 4.78 is 31.7.